The van der Waals surface area contributed by atoms with Gasteiger partial charge >= 0.3 is 0 Å². The third-order valence-corrected chi connectivity index (χ3v) is 4.43. The van der Waals surface area contributed by atoms with Crippen LogP contribution in [0.4, 0.5) is 0 Å². The number of benzene rings is 2. The first-order valence-electron chi connectivity index (χ1n) is 7.80. The second-order valence-electron chi connectivity index (χ2n) is 5.89. The van der Waals surface area contributed by atoms with Crippen molar-refractivity contribution in [2.24, 2.45) is 0 Å². The second-order valence-corrected chi connectivity index (χ2v) is 5.89. The van der Waals surface area contributed by atoms with E-state index in [0.29, 0.717) is 0 Å². The topological polar surface area (TPSA) is 65.6 Å². The van der Waals surface area contributed by atoms with Gasteiger partial charge in [-0.2, -0.15) is 0 Å². The van der Waals surface area contributed by atoms with E-state index >= 15 is 0 Å². The Labute approximate surface area is 139 Å². The maximum atomic E-state index is 10.0. The number of para-hydroxylation sites is 1. The van der Waals surface area contributed by atoms with Crippen LogP contribution in [-0.2, 0) is 0 Å². The zero-order chi connectivity index (χ0) is 16.7. The first-order valence-corrected chi connectivity index (χ1v) is 7.80. The van der Waals surface area contributed by atoms with E-state index in [2.05, 4.69) is 12.2 Å². The zero-order valence-corrected chi connectivity index (χ0v) is 12.9. The molecule has 0 amide bonds. The molecule has 0 saturated carbocycles. The number of aromatic nitrogens is 1. The third kappa shape index (κ3) is 2.42. The third-order valence-electron chi connectivity index (χ3n) is 4.43. The molecule has 0 radical (unpaired) electrons. The number of aliphatic hydroxyl groups is 2. The molecule has 4 rings (SSSR count). The normalized spacial score (nSPS) is 14.3. The van der Waals surface area contributed by atoms with Gasteiger partial charge in [-0.1, -0.05) is 42.5 Å². The predicted octanol–water partition coefficient (Wildman–Crippen LogP) is 3.66. The van der Waals surface area contributed by atoms with Crippen molar-refractivity contribution >= 4 is 22.0 Å². The molecule has 3 aromatic rings. The molecule has 1 aliphatic carbocycles. The number of rotatable bonds is 3. The summed E-state index contributed by atoms with van der Waals surface area (Å²) in [6.07, 6.45) is 5.05. The molecule has 0 aliphatic heterocycles. The SMILES string of the molecule is Oc1ccccc1C1=CCC(c2ccc3ccn(C(O)O)c3c2)=C1. The Bertz CT molecular complexity index is 979. The van der Waals surface area contributed by atoms with Crippen LogP contribution in [0, 0.1) is 0 Å². The van der Waals surface area contributed by atoms with Crippen LogP contribution in [0.5, 0.6) is 5.75 Å². The summed E-state index contributed by atoms with van der Waals surface area (Å²) in [6.45, 7) is 0. The van der Waals surface area contributed by atoms with E-state index in [4.69, 9.17) is 0 Å². The molecule has 24 heavy (non-hydrogen) atoms. The zero-order valence-electron chi connectivity index (χ0n) is 12.9. The molecule has 120 valence electrons. The van der Waals surface area contributed by atoms with Gasteiger partial charge in [0.2, 0.25) is 6.41 Å². The molecule has 0 bridgehead atoms. The lowest BCUT2D eigenvalue weighted by Gasteiger charge is -2.09. The summed E-state index contributed by atoms with van der Waals surface area (Å²) < 4.78 is 1.42. The Morgan fingerprint density at radius 2 is 1.83 bits per heavy atom. The standard InChI is InChI=1S/C20H17NO3/c22-19-4-2-1-3-17(19)16-8-7-14(11-16)15-6-5-13-9-10-21(20(23)24)18(13)12-15/h1-6,8-12,20,22-24H,7H2. The molecule has 0 fully saturated rings. The summed E-state index contributed by atoms with van der Waals surface area (Å²) in [5.74, 6) is 0.272. The van der Waals surface area contributed by atoms with E-state index in [1.54, 1.807) is 18.3 Å². The van der Waals surface area contributed by atoms with E-state index in [9.17, 15) is 15.3 Å². The van der Waals surface area contributed by atoms with Gasteiger partial charge in [0.25, 0.3) is 0 Å². The number of fused-ring (bicyclic) bond motifs is 1. The Balaban J connectivity index is 1.73. The predicted molar refractivity (Wildman–Crippen MR) is 94.1 cm³/mol. The van der Waals surface area contributed by atoms with Crippen molar-refractivity contribution in [3.8, 4) is 5.75 Å². The summed E-state index contributed by atoms with van der Waals surface area (Å²) in [5.41, 5.74) is 4.77. The molecule has 0 unspecified atom stereocenters. The summed E-state index contributed by atoms with van der Waals surface area (Å²) in [6, 6.07) is 15.1. The van der Waals surface area contributed by atoms with E-state index in [0.717, 1.165) is 39.6 Å². The van der Waals surface area contributed by atoms with Crippen LogP contribution in [-0.4, -0.2) is 19.9 Å². The van der Waals surface area contributed by atoms with Crippen molar-refractivity contribution in [3.63, 3.8) is 0 Å². The molecule has 1 aliphatic rings. The molecule has 2 aromatic carbocycles. The number of phenols is 1. The van der Waals surface area contributed by atoms with Crippen LogP contribution in [0.25, 0.3) is 22.0 Å². The molecule has 4 nitrogen and oxygen atoms in total. The monoisotopic (exact) mass is 319 g/mol. The molecule has 0 spiro atoms. The largest absolute Gasteiger partial charge is 0.507 e. The number of allylic oxidation sites excluding steroid dienone is 4. The number of hydrogen-bond acceptors (Lipinski definition) is 3. The molecule has 1 heterocycles. The fourth-order valence-corrected chi connectivity index (χ4v) is 3.18. The maximum Gasteiger partial charge on any atom is 0.239 e. The number of phenolic OH excluding ortho intramolecular Hbond substituents is 1. The van der Waals surface area contributed by atoms with Gasteiger partial charge < -0.3 is 15.3 Å². The van der Waals surface area contributed by atoms with Gasteiger partial charge in [-0.15, -0.1) is 0 Å². The van der Waals surface area contributed by atoms with Gasteiger partial charge in [-0.05, 0) is 46.7 Å². The van der Waals surface area contributed by atoms with Crippen molar-refractivity contribution in [1.29, 1.82) is 0 Å². The van der Waals surface area contributed by atoms with Crippen LogP contribution < -0.4 is 0 Å². The molecule has 4 heteroatoms. The minimum absolute atomic E-state index is 0.272. The quantitative estimate of drug-likeness (QED) is 0.646. The molecule has 3 N–H and O–H groups in total. The summed E-state index contributed by atoms with van der Waals surface area (Å²) in [7, 11) is 0. The van der Waals surface area contributed by atoms with Crippen molar-refractivity contribution < 1.29 is 15.3 Å². The van der Waals surface area contributed by atoms with Crippen molar-refractivity contribution in [2.45, 2.75) is 12.8 Å². The van der Waals surface area contributed by atoms with E-state index in [1.165, 1.54) is 4.57 Å². The maximum absolute atomic E-state index is 10.0. The van der Waals surface area contributed by atoms with Crippen LogP contribution in [0.1, 0.15) is 24.0 Å². The summed E-state index contributed by atoms with van der Waals surface area (Å²) in [4.78, 5) is 0. The van der Waals surface area contributed by atoms with E-state index in [1.807, 2.05) is 36.4 Å². The van der Waals surface area contributed by atoms with Crippen molar-refractivity contribution in [1.82, 2.24) is 4.57 Å². The van der Waals surface area contributed by atoms with Gasteiger partial charge in [0.1, 0.15) is 5.75 Å². The lowest BCUT2D eigenvalue weighted by atomic mass is 10.0. The van der Waals surface area contributed by atoms with Gasteiger partial charge in [0.05, 0.1) is 5.52 Å². The molecule has 1 aromatic heterocycles. The minimum atomic E-state index is -1.55. The summed E-state index contributed by atoms with van der Waals surface area (Å²) in [5, 5.41) is 29.9. The van der Waals surface area contributed by atoms with E-state index in [-0.39, 0.29) is 5.75 Å². The van der Waals surface area contributed by atoms with Crippen LogP contribution in [0.3, 0.4) is 0 Å². The first-order chi connectivity index (χ1) is 11.6. The lowest BCUT2D eigenvalue weighted by Crippen LogP contribution is -2.04. The number of aromatic hydroxyl groups is 1. The lowest BCUT2D eigenvalue weighted by molar-refractivity contribution is -0.0986. The van der Waals surface area contributed by atoms with E-state index < -0.39 is 6.41 Å². The molecular formula is C20H17NO3. The highest BCUT2D eigenvalue weighted by Crippen LogP contribution is 2.36. The Morgan fingerprint density at radius 1 is 1.00 bits per heavy atom. The highest BCUT2D eigenvalue weighted by Gasteiger charge is 2.14. The van der Waals surface area contributed by atoms with Gasteiger partial charge in [0, 0.05) is 11.8 Å². The smallest absolute Gasteiger partial charge is 0.239 e. The van der Waals surface area contributed by atoms with Gasteiger partial charge in [-0.25, -0.2) is 0 Å². The summed E-state index contributed by atoms with van der Waals surface area (Å²) >= 11 is 0. The minimum Gasteiger partial charge on any atom is -0.507 e. The van der Waals surface area contributed by atoms with Crippen molar-refractivity contribution in [2.75, 3.05) is 0 Å². The Hall–Kier alpha value is -2.82. The van der Waals surface area contributed by atoms with Gasteiger partial charge in [-0.3, -0.25) is 4.57 Å². The average molecular weight is 319 g/mol. The molecule has 0 saturated heterocycles. The van der Waals surface area contributed by atoms with Gasteiger partial charge in [0.15, 0.2) is 0 Å². The van der Waals surface area contributed by atoms with Crippen LogP contribution >= 0.6 is 0 Å². The molecular weight excluding hydrogens is 302 g/mol. The van der Waals surface area contributed by atoms with Crippen LogP contribution in [0.2, 0.25) is 0 Å². The molecule has 0 atom stereocenters. The van der Waals surface area contributed by atoms with Crippen molar-refractivity contribution in [3.05, 3.63) is 78.0 Å². The number of hydrogen-bond donors (Lipinski definition) is 3. The highest BCUT2D eigenvalue weighted by atomic mass is 16.5. The van der Waals surface area contributed by atoms with Crippen LogP contribution in [0.15, 0.2) is 66.9 Å². The first kappa shape index (κ1) is 14.8. The highest BCUT2D eigenvalue weighted by molar-refractivity contribution is 5.93. The second kappa shape index (κ2) is 5.67. The fourth-order valence-electron chi connectivity index (χ4n) is 3.18. The average Bonchev–Trinajstić information content (AvgIpc) is 3.21. The number of nitrogens with zero attached hydrogens (tertiary/aromatic N) is 1. The fraction of sp³-hybridized carbons (Fsp3) is 0.100. The Morgan fingerprint density at radius 3 is 2.62 bits per heavy atom. The number of aliphatic hydroxyl groups excluding tert-OH is 1. The Kier molecular flexibility index (Phi) is 3.49.